The Morgan fingerprint density at radius 2 is 1.90 bits per heavy atom. The summed E-state index contributed by atoms with van der Waals surface area (Å²) in [4.78, 5) is 2.28. The van der Waals surface area contributed by atoms with Crippen molar-refractivity contribution < 1.29 is 8.42 Å². The topological polar surface area (TPSA) is 49.4 Å². The second-order valence-corrected chi connectivity index (χ2v) is 7.64. The number of nitrogens with zero attached hydrogens (tertiary/aromatic N) is 1. The molecule has 2 aromatic rings. The first-order valence-corrected chi connectivity index (χ1v) is 8.93. The zero-order chi connectivity index (χ0) is 14.0. The number of anilines is 2. The summed E-state index contributed by atoms with van der Waals surface area (Å²) in [5.41, 5.74) is 1.69. The Bertz CT molecular complexity index is 675. The highest BCUT2D eigenvalue weighted by molar-refractivity contribution is 7.94. The molecule has 0 atom stereocenters. The summed E-state index contributed by atoms with van der Waals surface area (Å²) >= 11 is 1.22. The Balaban J connectivity index is 1.82. The Hall–Kier alpha value is -1.53. The van der Waals surface area contributed by atoms with E-state index in [-0.39, 0.29) is 0 Å². The van der Waals surface area contributed by atoms with E-state index in [4.69, 9.17) is 0 Å². The molecule has 1 aromatic carbocycles. The number of hydrogen-bond acceptors (Lipinski definition) is 4. The number of hydrogen-bond donors (Lipinski definition) is 1. The molecule has 0 saturated carbocycles. The first-order valence-electron chi connectivity index (χ1n) is 6.56. The molecule has 0 aliphatic carbocycles. The van der Waals surface area contributed by atoms with Crippen LogP contribution in [0.1, 0.15) is 12.8 Å². The third-order valence-corrected chi connectivity index (χ3v) is 6.11. The SMILES string of the molecule is O=S(=O)(Nc1cccc(N2CCCC2)c1)c1cccs1. The van der Waals surface area contributed by atoms with Crippen LogP contribution in [-0.4, -0.2) is 21.5 Å². The van der Waals surface area contributed by atoms with E-state index in [0.29, 0.717) is 9.90 Å². The van der Waals surface area contributed by atoms with Crippen LogP contribution in [0.4, 0.5) is 11.4 Å². The average Bonchev–Trinajstić information content (AvgIpc) is 3.12. The van der Waals surface area contributed by atoms with Crippen molar-refractivity contribution in [1.82, 2.24) is 0 Å². The van der Waals surface area contributed by atoms with Gasteiger partial charge in [-0.2, -0.15) is 0 Å². The average molecular weight is 308 g/mol. The van der Waals surface area contributed by atoms with Crippen LogP contribution in [-0.2, 0) is 10.0 Å². The highest BCUT2D eigenvalue weighted by Gasteiger charge is 2.17. The highest BCUT2D eigenvalue weighted by Crippen LogP contribution is 2.25. The number of benzene rings is 1. The summed E-state index contributed by atoms with van der Waals surface area (Å²) in [5.74, 6) is 0. The van der Waals surface area contributed by atoms with Gasteiger partial charge < -0.3 is 4.90 Å². The number of sulfonamides is 1. The smallest absolute Gasteiger partial charge is 0.271 e. The van der Waals surface area contributed by atoms with E-state index < -0.39 is 10.0 Å². The fourth-order valence-electron chi connectivity index (χ4n) is 2.36. The Morgan fingerprint density at radius 3 is 2.60 bits per heavy atom. The molecule has 2 heterocycles. The van der Waals surface area contributed by atoms with Crippen LogP contribution in [0.2, 0.25) is 0 Å². The molecule has 0 amide bonds. The lowest BCUT2D eigenvalue weighted by Gasteiger charge is -2.18. The molecule has 0 radical (unpaired) electrons. The molecule has 3 rings (SSSR count). The lowest BCUT2D eigenvalue weighted by atomic mass is 10.2. The molecule has 0 bridgehead atoms. The molecular weight excluding hydrogens is 292 g/mol. The van der Waals surface area contributed by atoms with Gasteiger partial charge in [-0.1, -0.05) is 12.1 Å². The molecule has 1 aliphatic heterocycles. The van der Waals surface area contributed by atoms with Crippen LogP contribution in [0.3, 0.4) is 0 Å². The largest absolute Gasteiger partial charge is 0.371 e. The fourth-order valence-corrected chi connectivity index (χ4v) is 4.41. The van der Waals surface area contributed by atoms with E-state index in [2.05, 4.69) is 9.62 Å². The van der Waals surface area contributed by atoms with E-state index in [0.717, 1.165) is 18.8 Å². The summed E-state index contributed by atoms with van der Waals surface area (Å²) in [6.45, 7) is 2.09. The zero-order valence-corrected chi connectivity index (χ0v) is 12.6. The van der Waals surface area contributed by atoms with Crippen molar-refractivity contribution >= 4 is 32.7 Å². The van der Waals surface area contributed by atoms with Crippen LogP contribution >= 0.6 is 11.3 Å². The standard InChI is InChI=1S/C14H16N2O2S2/c17-20(18,14-7-4-10-19-14)15-12-5-3-6-13(11-12)16-8-1-2-9-16/h3-7,10-11,15H,1-2,8-9H2. The molecule has 1 N–H and O–H groups in total. The Morgan fingerprint density at radius 1 is 1.10 bits per heavy atom. The monoisotopic (exact) mass is 308 g/mol. The second kappa shape index (κ2) is 5.46. The van der Waals surface area contributed by atoms with Gasteiger partial charge in [0, 0.05) is 18.8 Å². The lowest BCUT2D eigenvalue weighted by molar-refractivity contribution is 0.603. The third kappa shape index (κ3) is 2.81. The molecule has 0 spiro atoms. The maximum absolute atomic E-state index is 12.2. The van der Waals surface area contributed by atoms with Crippen molar-refractivity contribution in [3.05, 3.63) is 41.8 Å². The molecule has 1 saturated heterocycles. The summed E-state index contributed by atoms with van der Waals surface area (Å²) in [7, 11) is -3.46. The predicted molar refractivity (Wildman–Crippen MR) is 83.0 cm³/mol. The minimum Gasteiger partial charge on any atom is -0.371 e. The first kappa shape index (κ1) is 13.5. The van der Waals surface area contributed by atoms with Gasteiger partial charge in [-0.25, -0.2) is 8.42 Å². The second-order valence-electron chi connectivity index (χ2n) is 4.78. The van der Waals surface area contributed by atoms with E-state index in [1.165, 1.54) is 24.2 Å². The molecule has 0 unspecified atom stereocenters. The van der Waals surface area contributed by atoms with Gasteiger partial charge in [0.15, 0.2) is 0 Å². The molecule has 106 valence electrons. The van der Waals surface area contributed by atoms with Gasteiger partial charge in [-0.15, -0.1) is 11.3 Å². The molecule has 4 nitrogen and oxygen atoms in total. The van der Waals surface area contributed by atoms with E-state index in [9.17, 15) is 8.42 Å². The van der Waals surface area contributed by atoms with Crippen molar-refractivity contribution in [3.8, 4) is 0 Å². The molecule has 1 aromatic heterocycles. The van der Waals surface area contributed by atoms with Crippen molar-refractivity contribution in [2.75, 3.05) is 22.7 Å². The summed E-state index contributed by atoms with van der Waals surface area (Å²) in [6.07, 6.45) is 2.40. The van der Waals surface area contributed by atoms with Gasteiger partial charge in [0.05, 0.1) is 5.69 Å². The van der Waals surface area contributed by atoms with Crippen LogP contribution in [0, 0.1) is 0 Å². The van der Waals surface area contributed by atoms with E-state index in [1.807, 2.05) is 18.2 Å². The minimum atomic E-state index is -3.46. The van der Waals surface area contributed by atoms with Crippen molar-refractivity contribution in [2.45, 2.75) is 17.1 Å². The minimum absolute atomic E-state index is 0.337. The Kier molecular flexibility index (Phi) is 3.67. The van der Waals surface area contributed by atoms with Gasteiger partial charge in [0.2, 0.25) is 0 Å². The summed E-state index contributed by atoms with van der Waals surface area (Å²) in [6, 6.07) is 10.9. The quantitative estimate of drug-likeness (QED) is 0.944. The summed E-state index contributed by atoms with van der Waals surface area (Å²) < 4.78 is 27.3. The maximum atomic E-state index is 12.2. The normalized spacial score (nSPS) is 15.5. The molecule has 1 aliphatic rings. The van der Waals surface area contributed by atoms with Crippen molar-refractivity contribution in [2.24, 2.45) is 0 Å². The van der Waals surface area contributed by atoms with Gasteiger partial charge in [0.25, 0.3) is 10.0 Å². The number of rotatable bonds is 4. The van der Waals surface area contributed by atoms with Gasteiger partial charge in [-0.3, -0.25) is 4.72 Å². The number of thiophene rings is 1. The van der Waals surface area contributed by atoms with Crippen LogP contribution in [0.15, 0.2) is 46.0 Å². The zero-order valence-electron chi connectivity index (χ0n) is 11.0. The number of nitrogens with one attached hydrogen (secondary N) is 1. The van der Waals surface area contributed by atoms with Crippen LogP contribution in [0.5, 0.6) is 0 Å². The molecular formula is C14H16N2O2S2. The highest BCUT2D eigenvalue weighted by atomic mass is 32.2. The molecule has 20 heavy (non-hydrogen) atoms. The fraction of sp³-hybridized carbons (Fsp3) is 0.286. The summed E-state index contributed by atoms with van der Waals surface area (Å²) in [5, 5.41) is 1.76. The van der Waals surface area contributed by atoms with Crippen LogP contribution < -0.4 is 9.62 Å². The maximum Gasteiger partial charge on any atom is 0.271 e. The van der Waals surface area contributed by atoms with E-state index in [1.54, 1.807) is 23.6 Å². The van der Waals surface area contributed by atoms with E-state index >= 15 is 0 Å². The van der Waals surface area contributed by atoms with Gasteiger partial charge in [0.1, 0.15) is 4.21 Å². The third-order valence-electron chi connectivity index (χ3n) is 3.33. The van der Waals surface area contributed by atoms with Gasteiger partial charge >= 0.3 is 0 Å². The predicted octanol–water partition coefficient (Wildman–Crippen LogP) is 3.15. The molecule has 1 fully saturated rings. The van der Waals surface area contributed by atoms with Crippen LogP contribution in [0.25, 0.3) is 0 Å². The molecule has 6 heteroatoms. The van der Waals surface area contributed by atoms with Gasteiger partial charge in [-0.05, 0) is 42.5 Å². The lowest BCUT2D eigenvalue weighted by Crippen LogP contribution is -2.18. The van der Waals surface area contributed by atoms with Crippen molar-refractivity contribution in [1.29, 1.82) is 0 Å². The first-order chi connectivity index (χ1) is 9.65. The Labute approximate surface area is 123 Å². The van der Waals surface area contributed by atoms with Crippen molar-refractivity contribution in [3.63, 3.8) is 0 Å².